The molecule has 1 heterocycles. The molecular weight excluding hydrogens is 316 g/mol. The summed E-state index contributed by atoms with van der Waals surface area (Å²) in [5.41, 5.74) is 2.66. The first-order valence-corrected chi connectivity index (χ1v) is 8.16. The summed E-state index contributed by atoms with van der Waals surface area (Å²) >= 11 is 0. The zero-order valence-electron chi connectivity index (χ0n) is 14.3. The summed E-state index contributed by atoms with van der Waals surface area (Å²) in [4.78, 5) is 15.8. The van der Waals surface area contributed by atoms with Crippen LogP contribution in [-0.4, -0.2) is 22.1 Å². The summed E-state index contributed by atoms with van der Waals surface area (Å²) in [6.45, 7) is 4.58. The van der Waals surface area contributed by atoms with Crippen molar-refractivity contribution < 1.29 is 14.3 Å². The lowest BCUT2D eigenvalue weighted by atomic mass is 10.2. The van der Waals surface area contributed by atoms with Crippen LogP contribution in [0.2, 0.25) is 0 Å². The molecule has 0 bridgehead atoms. The van der Waals surface area contributed by atoms with Gasteiger partial charge in [-0.05, 0) is 55.8 Å². The van der Waals surface area contributed by atoms with Crippen LogP contribution in [0.3, 0.4) is 0 Å². The topological polar surface area (TPSA) is 53.4 Å². The van der Waals surface area contributed by atoms with Gasteiger partial charge in [-0.25, -0.2) is 9.78 Å². The zero-order valence-corrected chi connectivity index (χ0v) is 14.3. The highest BCUT2D eigenvalue weighted by molar-refractivity contribution is 5.89. The SMILES string of the molecule is CCOC(=O)c1ccc(OCc2ccc(-n3ccnc3C)cc2)cc1. The first kappa shape index (κ1) is 16.8. The van der Waals surface area contributed by atoms with Crippen molar-refractivity contribution in [2.75, 3.05) is 6.61 Å². The van der Waals surface area contributed by atoms with Crippen LogP contribution in [0.25, 0.3) is 5.69 Å². The fourth-order valence-corrected chi connectivity index (χ4v) is 2.47. The maximum absolute atomic E-state index is 11.6. The number of aryl methyl sites for hydroxylation is 1. The van der Waals surface area contributed by atoms with Crippen molar-refractivity contribution in [3.8, 4) is 11.4 Å². The van der Waals surface area contributed by atoms with Crippen LogP contribution in [0, 0.1) is 6.92 Å². The lowest BCUT2D eigenvalue weighted by molar-refractivity contribution is 0.0526. The van der Waals surface area contributed by atoms with Crippen LogP contribution < -0.4 is 4.74 Å². The van der Waals surface area contributed by atoms with Crippen molar-refractivity contribution in [2.24, 2.45) is 0 Å². The van der Waals surface area contributed by atoms with E-state index in [1.54, 1.807) is 37.4 Å². The van der Waals surface area contributed by atoms with Gasteiger partial charge in [0, 0.05) is 18.1 Å². The van der Waals surface area contributed by atoms with E-state index in [1.165, 1.54) is 0 Å². The highest BCUT2D eigenvalue weighted by Gasteiger charge is 2.06. The summed E-state index contributed by atoms with van der Waals surface area (Å²) in [7, 11) is 0. The third-order valence-corrected chi connectivity index (χ3v) is 3.81. The number of benzene rings is 2. The van der Waals surface area contributed by atoms with Crippen molar-refractivity contribution in [1.82, 2.24) is 9.55 Å². The number of nitrogens with zero attached hydrogens (tertiary/aromatic N) is 2. The molecule has 1 aromatic heterocycles. The minimum Gasteiger partial charge on any atom is -0.489 e. The average Bonchev–Trinajstić information content (AvgIpc) is 3.07. The number of imidazole rings is 1. The van der Waals surface area contributed by atoms with Crippen LogP contribution in [-0.2, 0) is 11.3 Å². The largest absolute Gasteiger partial charge is 0.489 e. The first-order chi connectivity index (χ1) is 12.2. The number of ether oxygens (including phenoxy) is 2. The van der Waals surface area contributed by atoms with Gasteiger partial charge in [0.2, 0.25) is 0 Å². The Morgan fingerprint density at radius 3 is 2.40 bits per heavy atom. The molecule has 0 saturated heterocycles. The molecule has 128 valence electrons. The van der Waals surface area contributed by atoms with Gasteiger partial charge in [-0.3, -0.25) is 0 Å². The molecule has 0 aliphatic carbocycles. The van der Waals surface area contributed by atoms with Gasteiger partial charge in [0.1, 0.15) is 18.2 Å². The molecule has 2 aromatic carbocycles. The van der Waals surface area contributed by atoms with E-state index in [9.17, 15) is 4.79 Å². The monoisotopic (exact) mass is 336 g/mol. The van der Waals surface area contributed by atoms with E-state index in [0.717, 1.165) is 17.1 Å². The fraction of sp³-hybridized carbons (Fsp3) is 0.200. The minimum absolute atomic E-state index is 0.320. The van der Waals surface area contributed by atoms with Crippen molar-refractivity contribution in [3.63, 3.8) is 0 Å². The normalized spacial score (nSPS) is 10.5. The van der Waals surface area contributed by atoms with Crippen molar-refractivity contribution in [2.45, 2.75) is 20.5 Å². The second-order valence-corrected chi connectivity index (χ2v) is 5.54. The van der Waals surface area contributed by atoms with Crippen LogP contribution in [0.5, 0.6) is 5.75 Å². The Balaban J connectivity index is 1.60. The van der Waals surface area contributed by atoms with Crippen LogP contribution in [0.15, 0.2) is 60.9 Å². The highest BCUT2D eigenvalue weighted by atomic mass is 16.5. The van der Waals surface area contributed by atoms with Crippen molar-refractivity contribution in [1.29, 1.82) is 0 Å². The molecule has 0 unspecified atom stereocenters. The number of esters is 1. The summed E-state index contributed by atoms with van der Waals surface area (Å²) in [5.74, 6) is 1.34. The molecule has 0 aliphatic rings. The maximum Gasteiger partial charge on any atom is 0.338 e. The van der Waals surface area contributed by atoms with E-state index < -0.39 is 0 Å². The van der Waals surface area contributed by atoms with Crippen molar-refractivity contribution in [3.05, 3.63) is 77.9 Å². The van der Waals surface area contributed by atoms with Gasteiger partial charge in [0.25, 0.3) is 0 Å². The number of hydrogen-bond donors (Lipinski definition) is 0. The Hall–Kier alpha value is -3.08. The molecule has 3 aromatic rings. The molecule has 0 amide bonds. The molecule has 0 saturated carbocycles. The number of aromatic nitrogens is 2. The minimum atomic E-state index is -0.320. The molecule has 3 rings (SSSR count). The summed E-state index contributed by atoms with van der Waals surface area (Å²) < 4.78 is 12.8. The fourth-order valence-electron chi connectivity index (χ4n) is 2.47. The number of rotatable bonds is 6. The first-order valence-electron chi connectivity index (χ1n) is 8.16. The Morgan fingerprint density at radius 2 is 1.80 bits per heavy atom. The van der Waals surface area contributed by atoms with Crippen LogP contribution in [0.4, 0.5) is 0 Å². The molecule has 0 aliphatic heterocycles. The lowest BCUT2D eigenvalue weighted by Gasteiger charge is -2.09. The maximum atomic E-state index is 11.6. The van der Waals surface area contributed by atoms with E-state index >= 15 is 0 Å². The average molecular weight is 336 g/mol. The molecule has 0 fully saturated rings. The zero-order chi connectivity index (χ0) is 17.6. The van der Waals surface area contributed by atoms with E-state index in [1.807, 2.05) is 42.0 Å². The standard InChI is InChI=1S/C20H20N2O3/c1-3-24-20(23)17-6-10-19(11-7-17)25-14-16-4-8-18(9-5-16)22-13-12-21-15(22)2/h4-13H,3,14H2,1-2H3. The quantitative estimate of drug-likeness (QED) is 0.640. The molecule has 0 N–H and O–H groups in total. The Labute approximate surface area is 146 Å². The van der Waals surface area contributed by atoms with E-state index in [2.05, 4.69) is 4.98 Å². The Bertz CT molecular complexity index is 836. The van der Waals surface area contributed by atoms with Gasteiger partial charge in [-0.15, -0.1) is 0 Å². The smallest absolute Gasteiger partial charge is 0.338 e. The van der Waals surface area contributed by atoms with Gasteiger partial charge < -0.3 is 14.0 Å². The molecule has 0 radical (unpaired) electrons. The summed E-state index contributed by atoms with van der Waals surface area (Å²) in [6, 6.07) is 15.1. The van der Waals surface area contributed by atoms with Gasteiger partial charge in [0.15, 0.2) is 0 Å². The van der Waals surface area contributed by atoms with Gasteiger partial charge in [0.05, 0.1) is 12.2 Å². The molecule has 0 atom stereocenters. The molecule has 0 spiro atoms. The van der Waals surface area contributed by atoms with Gasteiger partial charge in [-0.2, -0.15) is 0 Å². The van der Waals surface area contributed by atoms with Crippen LogP contribution in [0.1, 0.15) is 28.7 Å². The lowest BCUT2D eigenvalue weighted by Crippen LogP contribution is -2.04. The predicted molar refractivity (Wildman–Crippen MR) is 95.0 cm³/mol. The van der Waals surface area contributed by atoms with E-state index in [4.69, 9.17) is 9.47 Å². The molecule has 5 heteroatoms. The number of hydrogen-bond acceptors (Lipinski definition) is 4. The second kappa shape index (κ2) is 7.66. The van der Waals surface area contributed by atoms with E-state index in [0.29, 0.717) is 24.5 Å². The summed E-state index contributed by atoms with van der Waals surface area (Å²) in [6.07, 6.45) is 3.72. The Kier molecular flexibility index (Phi) is 5.14. The van der Waals surface area contributed by atoms with Gasteiger partial charge >= 0.3 is 5.97 Å². The van der Waals surface area contributed by atoms with Crippen LogP contribution >= 0.6 is 0 Å². The third kappa shape index (κ3) is 4.07. The Morgan fingerprint density at radius 1 is 1.08 bits per heavy atom. The molecular formula is C20H20N2O3. The second-order valence-electron chi connectivity index (χ2n) is 5.54. The van der Waals surface area contributed by atoms with Gasteiger partial charge in [-0.1, -0.05) is 12.1 Å². The number of carbonyl (C=O) groups is 1. The van der Waals surface area contributed by atoms with E-state index in [-0.39, 0.29) is 5.97 Å². The third-order valence-electron chi connectivity index (χ3n) is 3.81. The highest BCUT2D eigenvalue weighted by Crippen LogP contribution is 2.16. The van der Waals surface area contributed by atoms with Crippen molar-refractivity contribution >= 4 is 5.97 Å². The summed E-state index contributed by atoms with van der Waals surface area (Å²) in [5, 5.41) is 0. The molecule has 5 nitrogen and oxygen atoms in total. The molecule has 25 heavy (non-hydrogen) atoms. The number of carbonyl (C=O) groups excluding carboxylic acids is 1. The predicted octanol–water partition coefficient (Wildman–Crippen LogP) is 3.94.